The van der Waals surface area contributed by atoms with Gasteiger partial charge < -0.3 is 9.84 Å². The van der Waals surface area contributed by atoms with E-state index in [4.69, 9.17) is 4.74 Å². The molecular weight excluding hydrogens is 348 g/mol. The Balaban J connectivity index is 2.15. The molecule has 0 amide bonds. The minimum atomic E-state index is -0.895. The quantitative estimate of drug-likeness (QED) is 0.889. The Morgan fingerprint density at radius 1 is 1.33 bits per heavy atom. The molecule has 21 heavy (non-hydrogen) atoms. The molecule has 0 saturated heterocycles. The smallest absolute Gasteiger partial charge is 0.144 e. The van der Waals surface area contributed by atoms with Crippen LogP contribution in [0.15, 0.2) is 34.1 Å². The fraction of sp³-hybridized carbons (Fsp3) is 0.294. The minimum Gasteiger partial charge on any atom is -0.495 e. The first-order valence-electron chi connectivity index (χ1n) is 7.02. The van der Waals surface area contributed by atoms with Crippen molar-refractivity contribution in [1.82, 2.24) is 0 Å². The van der Waals surface area contributed by atoms with Crippen molar-refractivity contribution in [3.63, 3.8) is 0 Å². The van der Waals surface area contributed by atoms with Gasteiger partial charge in [0.2, 0.25) is 0 Å². The molecule has 2 nitrogen and oxygen atoms in total. The van der Waals surface area contributed by atoms with Crippen LogP contribution in [-0.2, 0) is 10.3 Å². The van der Waals surface area contributed by atoms with Crippen molar-refractivity contribution in [2.24, 2.45) is 5.92 Å². The number of benzene rings is 1. The Kier molecular flexibility index (Phi) is 3.03. The third kappa shape index (κ3) is 2.00. The summed E-state index contributed by atoms with van der Waals surface area (Å²) >= 11 is 5.18. The van der Waals surface area contributed by atoms with Gasteiger partial charge in [0.25, 0.3) is 0 Å². The molecule has 1 N–H and O–H groups in total. The van der Waals surface area contributed by atoms with Crippen molar-refractivity contribution in [3.05, 3.63) is 55.0 Å². The van der Waals surface area contributed by atoms with Crippen LogP contribution in [0.25, 0.3) is 11.8 Å². The van der Waals surface area contributed by atoms with Crippen LogP contribution in [0.1, 0.15) is 23.3 Å². The Morgan fingerprint density at radius 3 is 2.81 bits per heavy atom. The summed E-state index contributed by atoms with van der Waals surface area (Å²) in [7, 11) is 1.70. The number of hydrogen-bond acceptors (Lipinski definition) is 3. The SMILES string of the molecule is COC1=c2ccccc2=CC(O)(C2CC2)c2cc(Br)sc21. The average molecular weight is 363 g/mol. The maximum Gasteiger partial charge on any atom is 0.144 e. The molecule has 2 aliphatic rings. The van der Waals surface area contributed by atoms with Gasteiger partial charge in [0, 0.05) is 10.8 Å². The summed E-state index contributed by atoms with van der Waals surface area (Å²) in [4.78, 5) is 1.03. The summed E-state index contributed by atoms with van der Waals surface area (Å²) in [6.07, 6.45) is 4.17. The molecule has 1 heterocycles. The maximum absolute atomic E-state index is 11.4. The molecule has 0 aliphatic heterocycles. The number of aliphatic hydroxyl groups is 1. The zero-order valence-corrected chi connectivity index (χ0v) is 14.0. The van der Waals surface area contributed by atoms with Crippen molar-refractivity contribution < 1.29 is 9.84 Å². The molecule has 4 heteroatoms. The Bertz CT molecular complexity index is 835. The summed E-state index contributed by atoms with van der Waals surface area (Å²) in [5.74, 6) is 1.16. The van der Waals surface area contributed by atoms with Crippen LogP contribution in [0.4, 0.5) is 0 Å². The van der Waals surface area contributed by atoms with E-state index in [2.05, 4.69) is 22.0 Å². The van der Waals surface area contributed by atoms with E-state index >= 15 is 0 Å². The van der Waals surface area contributed by atoms with Gasteiger partial charge >= 0.3 is 0 Å². The molecular formula is C17H15BrO2S. The van der Waals surface area contributed by atoms with Crippen LogP contribution in [-0.4, -0.2) is 12.2 Å². The monoisotopic (exact) mass is 362 g/mol. The van der Waals surface area contributed by atoms with Gasteiger partial charge in [0.1, 0.15) is 11.4 Å². The van der Waals surface area contributed by atoms with E-state index in [-0.39, 0.29) is 0 Å². The largest absolute Gasteiger partial charge is 0.495 e. The van der Waals surface area contributed by atoms with Crippen LogP contribution >= 0.6 is 27.3 Å². The topological polar surface area (TPSA) is 29.5 Å². The Hall–Kier alpha value is -1.10. The summed E-state index contributed by atoms with van der Waals surface area (Å²) in [5, 5.41) is 13.5. The molecule has 0 spiro atoms. The van der Waals surface area contributed by atoms with Gasteiger partial charge in [-0.15, -0.1) is 11.3 Å². The fourth-order valence-electron chi connectivity index (χ4n) is 3.16. The second-order valence-electron chi connectivity index (χ2n) is 5.66. The average Bonchev–Trinajstić information content (AvgIpc) is 3.26. The number of ether oxygens (including phenoxy) is 1. The summed E-state index contributed by atoms with van der Waals surface area (Å²) in [5.41, 5.74) is 0.0729. The van der Waals surface area contributed by atoms with Crippen molar-refractivity contribution in [2.45, 2.75) is 18.4 Å². The lowest BCUT2D eigenvalue weighted by atomic mass is 9.89. The van der Waals surface area contributed by atoms with Crippen molar-refractivity contribution >= 4 is 39.1 Å². The molecule has 0 radical (unpaired) electrons. The highest BCUT2D eigenvalue weighted by atomic mass is 79.9. The lowest BCUT2D eigenvalue weighted by Crippen LogP contribution is -2.31. The van der Waals surface area contributed by atoms with E-state index in [1.54, 1.807) is 18.4 Å². The van der Waals surface area contributed by atoms with E-state index < -0.39 is 5.60 Å². The maximum atomic E-state index is 11.4. The molecule has 1 saturated carbocycles. The van der Waals surface area contributed by atoms with Gasteiger partial charge in [-0.1, -0.05) is 24.3 Å². The van der Waals surface area contributed by atoms with E-state index in [0.29, 0.717) is 5.92 Å². The standard InChI is InChI=1S/C17H15BrO2S/c1-20-15-12-5-3-2-4-10(12)9-17(19,11-6-7-11)13-8-14(18)21-16(13)15/h2-5,8-9,11,19H,6-7H2,1H3. The first-order valence-corrected chi connectivity index (χ1v) is 8.63. The van der Waals surface area contributed by atoms with Crippen LogP contribution in [0.2, 0.25) is 0 Å². The second-order valence-corrected chi connectivity index (χ2v) is 8.09. The van der Waals surface area contributed by atoms with Crippen LogP contribution in [0, 0.1) is 5.92 Å². The normalized spacial score (nSPS) is 23.9. The fourth-order valence-corrected chi connectivity index (χ4v) is 4.86. The zero-order chi connectivity index (χ0) is 14.6. The first kappa shape index (κ1) is 13.6. The highest BCUT2D eigenvalue weighted by Gasteiger charge is 2.46. The molecule has 2 aliphatic carbocycles. The van der Waals surface area contributed by atoms with E-state index in [9.17, 15) is 5.11 Å². The van der Waals surface area contributed by atoms with Gasteiger partial charge in [0.05, 0.1) is 15.8 Å². The molecule has 2 aromatic rings. The van der Waals surface area contributed by atoms with Gasteiger partial charge in [-0.25, -0.2) is 0 Å². The summed E-state index contributed by atoms with van der Waals surface area (Å²) in [6, 6.07) is 10.2. The van der Waals surface area contributed by atoms with E-state index in [1.807, 2.05) is 30.3 Å². The lowest BCUT2D eigenvalue weighted by molar-refractivity contribution is 0.0821. The molecule has 1 aromatic heterocycles. The molecule has 108 valence electrons. The third-order valence-corrected chi connectivity index (χ3v) is 5.96. The van der Waals surface area contributed by atoms with Crippen molar-refractivity contribution in [1.29, 1.82) is 0 Å². The van der Waals surface area contributed by atoms with Crippen LogP contribution in [0.5, 0.6) is 0 Å². The van der Waals surface area contributed by atoms with Crippen LogP contribution < -0.4 is 10.4 Å². The molecule has 1 unspecified atom stereocenters. The van der Waals surface area contributed by atoms with E-state index in [1.165, 1.54) is 0 Å². The number of thiophene rings is 1. The van der Waals surface area contributed by atoms with Crippen molar-refractivity contribution in [2.75, 3.05) is 7.11 Å². The predicted octanol–water partition coefficient (Wildman–Crippen LogP) is 2.71. The number of fused-ring (bicyclic) bond motifs is 2. The van der Waals surface area contributed by atoms with Crippen molar-refractivity contribution in [3.8, 4) is 0 Å². The zero-order valence-electron chi connectivity index (χ0n) is 11.6. The molecule has 0 bridgehead atoms. The number of hydrogen-bond donors (Lipinski definition) is 1. The highest BCUT2D eigenvalue weighted by Crippen LogP contribution is 2.51. The van der Waals surface area contributed by atoms with E-state index in [0.717, 1.165) is 43.3 Å². The minimum absolute atomic E-state index is 0.307. The number of methoxy groups -OCH3 is 1. The summed E-state index contributed by atoms with van der Waals surface area (Å²) in [6.45, 7) is 0. The van der Waals surface area contributed by atoms with Gasteiger partial charge in [-0.2, -0.15) is 0 Å². The van der Waals surface area contributed by atoms with Gasteiger partial charge in [-0.3, -0.25) is 0 Å². The summed E-state index contributed by atoms with van der Waals surface area (Å²) < 4.78 is 6.73. The Labute approximate surface area is 135 Å². The first-order chi connectivity index (χ1) is 10.1. The molecule has 4 rings (SSSR count). The van der Waals surface area contributed by atoms with Crippen LogP contribution in [0.3, 0.4) is 0 Å². The number of halogens is 1. The molecule has 1 atom stereocenters. The third-order valence-electron chi connectivity index (χ3n) is 4.32. The molecule has 1 aromatic carbocycles. The predicted molar refractivity (Wildman–Crippen MR) is 88.3 cm³/mol. The van der Waals surface area contributed by atoms with Gasteiger partial charge in [0.15, 0.2) is 0 Å². The molecule has 1 fully saturated rings. The number of rotatable bonds is 2. The Morgan fingerprint density at radius 2 is 2.10 bits per heavy atom. The highest BCUT2D eigenvalue weighted by molar-refractivity contribution is 9.11. The van der Waals surface area contributed by atoms with Gasteiger partial charge in [-0.05, 0) is 52.1 Å². The second kappa shape index (κ2) is 4.70. The lowest BCUT2D eigenvalue weighted by Gasteiger charge is -2.24.